The zero-order chi connectivity index (χ0) is 102. The summed E-state index contributed by atoms with van der Waals surface area (Å²) in [5.41, 5.74) is 30.2. The third kappa shape index (κ3) is 24.2. The molecular weight excluding hydrogens is 2150 g/mol. The van der Waals surface area contributed by atoms with Gasteiger partial charge < -0.3 is 52.3 Å². The Morgan fingerprint density at radius 1 is 0.300 bits per heavy atom. The van der Waals surface area contributed by atoms with Crippen LogP contribution in [0.3, 0.4) is 0 Å². The highest BCUT2D eigenvalue weighted by Gasteiger charge is 2.44. The van der Waals surface area contributed by atoms with Crippen LogP contribution in [0.2, 0.25) is 0 Å². The molecular formula is C132H122B3Br3IN5O6. The molecule has 0 bridgehead atoms. The number of anilines is 2. The topological polar surface area (TPSA) is 109 Å². The SMILES string of the molecule is Brc1ccc(Cc2ccc(Br)cc2)cc1.Brc1ccc(Nc2ccc(-c3ccc4c(c3)c3ccccc3n4-c3ccccc3)cc2)cc1.CCCCCCCCC1(CCCCCCCC)c2cc(B3OCCCO3)ccc2-c2ccc(B3OCCCO3)cc21.Ic1ccc2c(c1)c1ccccc1n2-c1ccccc1.OB(O)c1ccc2c(c1)c1ccccc1n2-c1ccccc1.c1ccc(-n2c3ccccc3c3ccccc32)cc1. The van der Waals surface area contributed by atoms with Gasteiger partial charge in [0.15, 0.2) is 0 Å². The average Bonchev–Trinajstić information content (AvgIpc) is 1.55. The van der Waals surface area contributed by atoms with E-state index in [1.54, 1.807) is 6.07 Å². The van der Waals surface area contributed by atoms with Crippen LogP contribution in [0.4, 0.5) is 11.4 Å². The Balaban J connectivity index is 0.000000112. The summed E-state index contributed by atoms with van der Waals surface area (Å²) >= 11 is 12.7. The van der Waals surface area contributed by atoms with E-state index in [-0.39, 0.29) is 19.7 Å². The minimum absolute atomic E-state index is 0.00946. The highest BCUT2D eigenvalue weighted by atomic mass is 127. The molecule has 2 saturated heterocycles. The lowest BCUT2D eigenvalue weighted by atomic mass is 9.67. The molecule has 22 aromatic rings. The van der Waals surface area contributed by atoms with Gasteiger partial charge in [-0.1, -0.05) is 393 Å². The summed E-state index contributed by atoms with van der Waals surface area (Å²) in [7, 11) is -1.96. The molecule has 0 spiro atoms. The van der Waals surface area contributed by atoms with Crippen LogP contribution in [-0.4, -0.2) is 76.1 Å². The molecule has 748 valence electrons. The van der Waals surface area contributed by atoms with Gasteiger partial charge in [0.25, 0.3) is 0 Å². The summed E-state index contributed by atoms with van der Waals surface area (Å²) in [4.78, 5) is 0. The van der Waals surface area contributed by atoms with Crippen LogP contribution in [0.1, 0.15) is 139 Å². The first kappa shape index (κ1) is 104. The van der Waals surface area contributed by atoms with Crippen molar-refractivity contribution in [3.05, 3.63) is 470 Å². The quantitative estimate of drug-likeness (QED) is 0.0281. The van der Waals surface area contributed by atoms with Crippen molar-refractivity contribution < 1.29 is 28.7 Å². The molecule has 4 aromatic heterocycles. The van der Waals surface area contributed by atoms with Crippen molar-refractivity contribution in [2.45, 2.75) is 128 Å². The number of nitrogens with zero attached hydrogens (tertiary/aromatic N) is 4. The second kappa shape index (κ2) is 50.3. The first-order chi connectivity index (χ1) is 73.8. The van der Waals surface area contributed by atoms with Crippen molar-refractivity contribution in [2.75, 3.05) is 31.7 Å². The number of hydrogen-bond donors (Lipinski definition) is 3. The van der Waals surface area contributed by atoms with Gasteiger partial charge in [-0.05, 0) is 292 Å². The molecule has 18 aromatic carbocycles. The lowest BCUT2D eigenvalue weighted by Gasteiger charge is -2.34. The van der Waals surface area contributed by atoms with Crippen molar-refractivity contribution >= 4 is 207 Å². The first-order valence-electron chi connectivity index (χ1n) is 53.0. The average molecular weight is 2270 g/mol. The third-order valence-electron chi connectivity index (χ3n) is 29.0. The molecule has 0 amide bonds. The Bertz CT molecular complexity index is 8090. The molecule has 18 heteroatoms. The molecule has 3 aliphatic rings. The Morgan fingerprint density at radius 2 is 0.607 bits per heavy atom. The maximum absolute atomic E-state index is 9.43. The molecule has 2 aliphatic heterocycles. The van der Waals surface area contributed by atoms with E-state index in [9.17, 15) is 10.0 Å². The first-order valence-corrected chi connectivity index (χ1v) is 56.5. The molecule has 6 heterocycles. The molecule has 0 radical (unpaired) electrons. The molecule has 1 aliphatic carbocycles. The van der Waals surface area contributed by atoms with E-state index in [1.807, 2.05) is 54.6 Å². The van der Waals surface area contributed by atoms with Gasteiger partial charge in [0.05, 0.1) is 44.1 Å². The number of para-hydroxylation sites is 9. The van der Waals surface area contributed by atoms with Crippen LogP contribution in [0.15, 0.2) is 444 Å². The minimum atomic E-state index is -1.46. The lowest BCUT2D eigenvalue weighted by molar-refractivity contribution is 0.143. The smallest absolute Gasteiger partial charge is 0.423 e. The Morgan fingerprint density at radius 3 is 0.987 bits per heavy atom. The molecule has 3 N–H and O–H groups in total. The normalized spacial score (nSPS) is 13.0. The standard InChI is InChI=1S/C35H52B2O4.C30H21BrN2.C18H14BNO2.C18H12IN.C18H13N.C13H10Br2/c1-3-5-7-9-11-13-21-35(22-14-12-10-8-6-4-2)33-27-29(36-38-23-15-24-39-36)17-19-31(33)32-20-18-30(28-34(32)35)37-40-25-16-26-41-37;31-23-13-17-25(18-14-23)32-24-15-10-21(11-16-24)22-12-19-30-28(20-22)27-8-4-5-9-29(27)33(30)26-6-2-1-3-7-26;21-19(22)13-10-11-18-16(12-13)15-8-4-5-9-17(15)20(18)14-6-2-1-3-7-14;19-13-10-11-18-16(12-13)15-8-4-5-9-17(15)20(18)14-6-2-1-3-7-14;1-2-8-14(9-3-1)19-17-12-6-4-10-15(17)16-11-5-7-13-18(16)19;14-12-5-1-10(2-6-12)9-11-3-7-13(15)8-4-11/h17-20,27-28H,3-16,21-26H2,1-2H3;1-20,32H;1-12,21-22H;1-12H;1-13H;1-8H,9H2. The minimum Gasteiger partial charge on any atom is -0.423 e. The fourth-order valence-electron chi connectivity index (χ4n) is 21.7. The Hall–Kier alpha value is -12.9. The molecule has 150 heavy (non-hydrogen) atoms. The third-order valence-corrected chi connectivity index (χ3v) is 31.3. The van der Waals surface area contributed by atoms with Crippen molar-refractivity contribution in [1.29, 1.82) is 0 Å². The summed E-state index contributed by atoms with van der Waals surface area (Å²) in [6.07, 6.45) is 21.2. The summed E-state index contributed by atoms with van der Waals surface area (Å²) in [6.45, 7) is 7.69. The lowest BCUT2D eigenvalue weighted by Crippen LogP contribution is -2.42. The summed E-state index contributed by atoms with van der Waals surface area (Å²) in [5, 5.41) is 32.2. The fourth-order valence-corrected chi connectivity index (χ4v) is 23.0. The van der Waals surface area contributed by atoms with E-state index >= 15 is 0 Å². The maximum atomic E-state index is 9.43. The summed E-state index contributed by atoms with van der Waals surface area (Å²) in [5.74, 6) is 0. The molecule has 0 atom stereocenters. The monoisotopic (exact) mass is 2270 g/mol. The predicted octanol–water partition coefficient (Wildman–Crippen LogP) is 34.1. The number of halogens is 4. The summed E-state index contributed by atoms with van der Waals surface area (Å²) < 4.78 is 38.1. The number of rotatable bonds is 26. The van der Waals surface area contributed by atoms with Gasteiger partial charge in [0, 0.05) is 126 Å². The highest BCUT2D eigenvalue weighted by molar-refractivity contribution is 14.1. The van der Waals surface area contributed by atoms with Crippen LogP contribution in [0.25, 0.3) is 132 Å². The maximum Gasteiger partial charge on any atom is 0.493 e. The van der Waals surface area contributed by atoms with Gasteiger partial charge in [0.2, 0.25) is 0 Å². The van der Waals surface area contributed by atoms with Gasteiger partial charge >= 0.3 is 21.4 Å². The molecule has 11 nitrogen and oxygen atoms in total. The van der Waals surface area contributed by atoms with E-state index in [0.29, 0.717) is 5.46 Å². The zero-order valence-corrected chi connectivity index (χ0v) is 91.8. The van der Waals surface area contributed by atoms with Gasteiger partial charge in [0.1, 0.15) is 0 Å². The van der Waals surface area contributed by atoms with E-state index in [4.69, 9.17) is 18.6 Å². The Labute approximate surface area is 920 Å². The van der Waals surface area contributed by atoms with Crippen LogP contribution in [0.5, 0.6) is 0 Å². The molecule has 0 unspecified atom stereocenters. The van der Waals surface area contributed by atoms with E-state index in [1.165, 1.54) is 231 Å². The van der Waals surface area contributed by atoms with Crippen molar-refractivity contribution in [3.8, 4) is 45.0 Å². The van der Waals surface area contributed by atoms with Gasteiger partial charge in [-0.25, -0.2) is 0 Å². The molecule has 2 fully saturated rings. The fraction of sp³-hybridized carbons (Fsp3) is 0.182. The van der Waals surface area contributed by atoms with Crippen LogP contribution < -0.4 is 21.7 Å². The largest absolute Gasteiger partial charge is 0.493 e. The number of aromatic nitrogens is 4. The molecule has 0 saturated carbocycles. The zero-order valence-electron chi connectivity index (χ0n) is 84.9. The van der Waals surface area contributed by atoms with Crippen LogP contribution >= 0.6 is 70.4 Å². The van der Waals surface area contributed by atoms with Gasteiger partial charge in [-0.3, -0.25) is 0 Å². The van der Waals surface area contributed by atoms with E-state index < -0.39 is 7.12 Å². The van der Waals surface area contributed by atoms with E-state index in [0.717, 1.165) is 98.0 Å². The second-order valence-corrected chi connectivity index (χ2v) is 43.0. The van der Waals surface area contributed by atoms with Crippen LogP contribution in [0, 0.1) is 3.57 Å². The number of unbranched alkanes of at least 4 members (excludes halogenated alkanes) is 10. The molecule has 25 rings (SSSR count). The van der Waals surface area contributed by atoms with Gasteiger partial charge in [-0.2, -0.15) is 0 Å². The number of fused-ring (bicyclic) bond motifs is 15. The second-order valence-electron chi connectivity index (χ2n) is 39.0. The van der Waals surface area contributed by atoms with E-state index in [2.05, 4.69) is 478 Å². The van der Waals surface area contributed by atoms with Crippen molar-refractivity contribution in [1.82, 2.24) is 18.3 Å². The van der Waals surface area contributed by atoms with Crippen molar-refractivity contribution in [3.63, 3.8) is 0 Å². The Kier molecular flexibility index (Phi) is 35.0. The van der Waals surface area contributed by atoms with Crippen LogP contribution in [-0.2, 0) is 30.5 Å². The summed E-state index contributed by atoms with van der Waals surface area (Å²) in [6, 6.07) is 151. The highest BCUT2D eigenvalue weighted by Crippen LogP contribution is 2.54. The number of hydrogen-bond acceptors (Lipinski definition) is 7. The van der Waals surface area contributed by atoms with Crippen molar-refractivity contribution in [2.24, 2.45) is 0 Å². The number of nitrogens with one attached hydrogen (secondary N) is 1. The predicted molar refractivity (Wildman–Crippen MR) is 652 cm³/mol. The number of benzene rings is 18. The van der Waals surface area contributed by atoms with Gasteiger partial charge in [-0.15, -0.1) is 0 Å².